The smallest absolute Gasteiger partial charge is 0.257 e. The molecule has 0 unspecified atom stereocenters. The quantitative estimate of drug-likeness (QED) is 0.876. The van der Waals surface area contributed by atoms with Crippen molar-refractivity contribution in [3.05, 3.63) is 35.6 Å². The number of furan rings is 1. The summed E-state index contributed by atoms with van der Waals surface area (Å²) in [4.78, 5) is 15.0. The summed E-state index contributed by atoms with van der Waals surface area (Å²) in [6.45, 7) is 3.34. The van der Waals surface area contributed by atoms with E-state index in [-0.39, 0.29) is 17.4 Å². The summed E-state index contributed by atoms with van der Waals surface area (Å²) in [6, 6.07) is 7.69. The number of likely N-dealkylation sites (tertiary alicyclic amines) is 1. The second-order valence-electron chi connectivity index (χ2n) is 7.18. The highest BCUT2D eigenvalue weighted by atomic mass is 16.3. The van der Waals surface area contributed by atoms with Crippen LogP contribution < -0.4 is 0 Å². The molecule has 2 fully saturated rings. The Morgan fingerprint density at radius 2 is 2.17 bits per heavy atom. The van der Waals surface area contributed by atoms with Gasteiger partial charge in [0.2, 0.25) is 0 Å². The van der Waals surface area contributed by atoms with Crippen molar-refractivity contribution >= 4 is 16.9 Å². The van der Waals surface area contributed by atoms with E-state index in [1.165, 1.54) is 0 Å². The highest BCUT2D eigenvalue weighted by Crippen LogP contribution is 2.45. The predicted molar refractivity (Wildman–Crippen MR) is 88.4 cm³/mol. The van der Waals surface area contributed by atoms with Gasteiger partial charge in [0.1, 0.15) is 11.3 Å². The highest BCUT2D eigenvalue weighted by Gasteiger charge is 2.45. The van der Waals surface area contributed by atoms with E-state index in [0.717, 1.165) is 49.8 Å². The first-order valence-corrected chi connectivity index (χ1v) is 8.56. The van der Waals surface area contributed by atoms with E-state index in [0.29, 0.717) is 17.7 Å². The minimum Gasteiger partial charge on any atom is -0.461 e. The Morgan fingerprint density at radius 1 is 1.35 bits per heavy atom. The molecule has 2 aliphatic rings. The zero-order chi connectivity index (χ0) is 16.0. The van der Waals surface area contributed by atoms with Crippen molar-refractivity contribution in [3.63, 3.8) is 0 Å². The summed E-state index contributed by atoms with van der Waals surface area (Å²) in [5.41, 5.74) is 1.24. The third kappa shape index (κ3) is 2.36. The SMILES string of the molecule is Cc1cc2cccc(C(=O)N3CCC[C@@]4(CCC[C@H]4O)C3)c2o1. The number of aliphatic hydroxyl groups excluding tert-OH is 1. The lowest BCUT2D eigenvalue weighted by Crippen LogP contribution is -2.49. The molecule has 0 bridgehead atoms. The van der Waals surface area contributed by atoms with Crippen LogP contribution in [0, 0.1) is 12.3 Å². The molecule has 0 radical (unpaired) electrons. The molecular weight excluding hydrogens is 290 g/mol. The molecule has 2 atom stereocenters. The average molecular weight is 313 g/mol. The second-order valence-corrected chi connectivity index (χ2v) is 7.18. The number of benzene rings is 1. The summed E-state index contributed by atoms with van der Waals surface area (Å²) in [5, 5.41) is 11.4. The number of para-hydroxylation sites is 1. The average Bonchev–Trinajstić information content (AvgIpc) is 3.09. The molecule has 1 amide bonds. The van der Waals surface area contributed by atoms with Crippen LogP contribution in [-0.2, 0) is 0 Å². The standard InChI is InChI=1S/C19H23NO3/c1-13-11-14-5-2-6-15(17(14)23-13)18(22)20-10-4-9-19(12-20)8-3-7-16(19)21/h2,5-6,11,16,21H,3-4,7-10,12H2,1H3/t16-,19+/m1/s1. The Hall–Kier alpha value is -1.81. The van der Waals surface area contributed by atoms with E-state index in [9.17, 15) is 9.90 Å². The number of aryl methyl sites for hydroxylation is 1. The number of amides is 1. The van der Waals surface area contributed by atoms with Crippen LogP contribution >= 0.6 is 0 Å². The molecule has 1 saturated carbocycles. The predicted octanol–water partition coefficient (Wildman–Crippen LogP) is 3.51. The molecule has 1 saturated heterocycles. The van der Waals surface area contributed by atoms with Gasteiger partial charge in [-0.15, -0.1) is 0 Å². The Morgan fingerprint density at radius 3 is 2.96 bits per heavy atom. The van der Waals surface area contributed by atoms with E-state index >= 15 is 0 Å². The van der Waals surface area contributed by atoms with Gasteiger partial charge >= 0.3 is 0 Å². The molecule has 2 aromatic rings. The maximum Gasteiger partial charge on any atom is 0.257 e. The number of carbonyl (C=O) groups is 1. The van der Waals surface area contributed by atoms with E-state index in [4.69, 9.17) is 4.42 Å². The van der Waals surface area contributed by atoms with Crippen LogP contribution in [0.15, 0.2) is 28.7 Å². The molecule has 4 nitrogen and oxygen atoms in total. The Balaban J connectivity index is 1.65. The van der Waals surface area contributed by atoms with Gasteiger partial charge in [0.15, 0.2) is 0 Å². The molecule has 1 spiro atoms. The van der Waals surface area contributed by atoms with Gasteiger partial charge < -0.3 is 14.4 Å². The van der Waals surface area contributed by atoms with Gasteiger partial charge in [0, 0.05) is 23.9 Å². The van der Waals surface area contributed by atoms with Gasteiger partial charge in [-0.2, -0.15) is 0 Å². The molecule has 4 heteroatoms. The fourth-order valence-corrected chi connectivity index (χ4v) is 4.46. The number of piperidine rings is 1. The van der Waals surface area contributed by atoms with Crippen molar-refractivity contribution < 1.29 is 14.3 Å². The minimum atomic E-state index is -0.264. The number of aliphatic hydroxyl groups is 1. The van der Waals surface area contributed by atoms with Crippen LogP contribution in [0.2, 0.25) is 0 Å². The molecule has 4 rings (SSSR count). The lowest BCUT2D eigenvalue weighted by atomic mass is 9.76. The third-order valence-corrected chi connectivity index (χ3v) is 5.65. The van der Waals surface area contributed by atoms with Crippen LogP contribution in [-0.4, -0.2) is 35.1 Å². The fourth-order valence-electron chi connectivity index (χ4n) is 4.46. The number of hydrogen-bond donors (Lipinski definition) is 1. The normalized spacial score (nSPS) is 27.9. The molecule has 23 heavy (non-hydrogen) atoms. The Labute approximate surface area is 136 Å². The van der Waals surface area contributed by atoms with Gasteiger partial charge in [-0.3, -0.25) is 4.79 Å². The second kappa shape index (κ2) is 5.38. The summed E-state index contributed by atoms with van der Waals surface area (Å²) in [7, 11) is 0. The molecule has 1 aliphatic carbocycles. The van der Waals surface area contributed by atoms with Crippen molar-refractivity contribution in [2.45, 2.75) is 45.1 Å². The van der Waals surface area contributed by atoms with Gasteiger partial charge in [0.25, 0.3) is 5.91 Å². The number of nitrogens with zero attached hydrogens (tertiary/aromatic N) is 1. The molecule has 2 heterocycles. The minimum absolute atomic E-state index is 0.0307. The summed E-state index contributed by atoms with van der Waals surface area (Å²) >= 11 is 0. The number of fused-ring (bicyclic) bond motifs is 1. The van der Waals surface area contributed by atoms with E-state index < -0.39 is 0 Å². The van der Waals surface area contributed by atoms with Crippen LogP contribution in [0.4, 0.5) is 0 Å². The molecule has 1 aromatic heterocycles. The largest absolute Gasteiger partial charge is 0.461 e. The molecule has 1 aliphatic heterocycles. The van der Waals surface area contributed by atoms with Crippen LogP contribution in [0.5, 0.6) is 0 Å². The molecule has 1 aromatic carbocycles. The number of carbonyl (C=O) groups excluding carboxylic acids is 1. The number of hydrogen-bond acceptors (Lipinski definition) is 3. The zero-order valence-electron chi connectivity index (χ0n) is 13.5. The van der Waals surface area contributed by atoms with Gasteiger partial charge in [-0.05, 0) is 44.7 Å². The third-order valence-electron chi connectivity index (χ3n) is 5.65. The number of rotatable bonds is 1. The maximum atomic E-state index is 13.1. The van der Waals surface area contributed by atoms with Crippen LogP contribution in [0.1, 0.15) is 48.2 Å². The summed E-state index contributed by atoms with van der Waals surface area (Å²) in [6.07, 6.45) is 4.70. The lowest BCUT2D eigenvalue weighted by Gasteiger charge is -2.42. The monoisotopic (exact) mass is 313 g/mol. The fraction of sp³-hybridized carbons (Fsp3) is 0.526. The van der Waals surface area contributed by atoms with Crippen molar-refractivity contribution in [2.75, 3.05) is 13.1 Å². The van der Waals surface area contributed by atoms with Crippen LogP contribution in [0.25, 0.3) is 11.0 Å². The maximum absolute atomic E-state index is 13.1. The van der Waals surface area contributed by atoms with Crippen molar-refractivity contribution in [3.8, 4) is 0 Å². The Bertz CT molecular complexity index is 750. The van der Waals surface area contributed by atoms with Gasteiger partial charge in [-0.25, -0.2) is 0 Å². The molecular formula is C19H23NO3. The first-order valence-electron chi connectivity index (χ1n) is 8.56. The van der Waals surface area contributed by atoms with Gasteiger partial charge in [0.05, 0.1) is 11.7 Å². The summed E-state index contributed by atoms with van der Waals surface area (Å²) in [5.74, 6) is 0.852. The van der Waals surface area contributed by atoms with Crippen molar-refractivity contribution in [2.24, 2.45) is 5.41 Å². The van der Waals surface area contributed by atoms with Crippen LogP contribution in [0.3, 0.4) is 0 Å². The highest BCUT2D eigenvalue weighted by molar-refractivity contribution is 6.05. The first kappa shape index (κ1) is 14.8. The van der Waals surface area contributed by atoms with Crippen molar-refractivity contribution in [1.82, 2.24) is 4.90 Å². The summed E-state index contributed by atoms with van der Waals surface area (Å²) < 4.78 is 5.75. The lowest BCUT2D eigenvalue weighted by molar-refractivity contribution is -0.00532. The van der Waals surface area contributed by atoms with E-state index in [1.807, 2.05) is 36.1 Å². The Kier molecular flexibility index (Phi) is 3.45. The van der Waals surface area contributed by atoms with E-state index in [1.54, 1.807) is 0 Å². The topological polar surface area (TPSA) is 53.7 Å². The van der Waals surface area contributed by atoms with E-state index in [2.05, 4.69) is 0 Å². The van der Waals surface area contributed by atoms with Gasteiger partial charge in [-0.1, -0.05) is 18.6 Å². The zero-order valence-corrected chi connectivity index (χ0v) is 13.5. The first-order chi connectivity index (χ1) is 11.1. The molecule has 1 N–H and O–H groups in total. The van der Waals surface area contributed by atoms with Crippen molar-refractivity contribution in [1.29, 1.82) is 0 Å². The molecule has 122 valence electrons.